The third-order valence-corrected chi connectivity index (χ3v) is 0.671. The summed E-state index contributed by atoms with van der Waals surface area (Å²) in [7, 11) is 2.88. The molecule has 0 aliphatic rings. The Morgan fingerprint density at radius 2 is 1.89 bits per heavy atom. The molecule has 53 valence electrons. The van der Waals surface area contributed by atoms with E-state index < -0.39 is 18.3 Å². The van der Waals surface area contributed by atoms with Gasteiger partial charge in [-0.1, -0.05) is 0 Å². The van der Waals surface area contributed by atoms with Crippen LogP contribution in [0.1, 0.15) is 6.42 Å². The Bertz CT molecular complexity index is 107. The average molecular weight is 139 g/mol. The molecule has 0 bridgehead atoms. The van der Waals surface area contributed by atoms with E-state index in [-0.39, 0.29) is 6.61 Å². The molecule has 0 aromatic heterocycles. The van der Waals surface area contributed by atoms with Crippen molar-refractivity contribution in [3.8, 4) is 0 Å². The van der Waals surface area contributed by atoms with Gasteiger partial charge in [0.15, 0.2) is 5.83 Å². The second-order valence-electron chi connectivity index (χ2n) is 1.32. The molecular weight excluding hydrogens is 133 g/mol. The lowest BCUT2D eigenvalue weighted by Crippen LogP contribution is -1.86. The highest BCUT2D eigenvalue weighted by atomic mass is 19.3. The fourth-order valence-corrected chi connectivity index (χ4v) is 0.256. The molecule has 0 fully saturated rings. The average Bonchev–Trinajstić information content (AvgIpc) is 1.82. The van der Waals surface area contributed by atoms with E-state index in [9.17, 15) is 13.2 Å². The number of ether oxygens (including phenoxy) is 1. The van der Waals surface area contributed by atoms with Crippen molar-refractivity contribution in [1.29, 1.82) is 0 Å². The summed E-state index contributed by atoms with van der Waals surface area (Å²) in [5.41, 5.74) is 0. The summed E-state index contributed by atoms with van der Waals surface area (Å²) in [6.07, 6.45) is -2.70. The van der Waals surface area contributed by atoms with Gasteiger partial charge in [0.2, 0.25) is 0 Å². The molecule has 0 atom stereocenters. The highest BCUT2D eigenvalue weighted by molar-refractivity contribution is 4.90. The monoisotopic (exact) mass is 139 g/mol. The van der Waals surface area contributed by atoms with Gasteiger partial charge in [0.05, 0.1) is 13.7 Å². The van der Waals surface area contributed by atoms with Crippen LogP contribution in [-0.2, 0) is 4.74 Å². The van der Waals surface area contributed by atoms with Crippen LogP contribution in [0, 0.1) is 7.11 Å². The van der Waals surface area contributed by atoms with Gasteiger partial charge in [-0.15, -0.1) is 0 Å². The van der Waals surface area contributed by atoms with E-state index >= 15 is 0 Å². The molecule has 0 aromatic rings. The quantitative estimate of drug-likeness (QED) is 0.582. The zero-order chi connectivity index (χ0) is 7.28. The summed E-state index contributed by atoms with van der Waals surface area (Å²) in [5, 5.41) is 0. The minimum Gasteiger partial charge on any atom is -0.379 e. The Balaban J connectivity index is 3.50. The molecule has 0 spiro atoms. The van der Waals surface area contributed by atoms with Crippen molar-refractivity contribution in [3.05, 3.63) is 19.0 Å². The smallest absolute Gasteiger partial charge is 0.301 e. The molecular formula is C5H6F3O. The van der Waals surface area contributed by atoms with Crippen molar-refractivity contribution in [2.75, 3.05) is 6.61 Å². The van der Waals surface area contributed by atoms with Crippen LogP contribution in [0.3, 0.4) is 0 Å². The molecule has 0 heterocycles. The Morgan fingerprint density at radius 1 is 1.33 bits per heavy atom. The second kappa shape index (κ2) is 4.38. The molecule has 9 heavy (non-hydrogen) atoms. The van der Waals surface area contributed by atoms with Crippen LogP contribution < -0.4 is 0 Å². The van der Waals surface area contributed by atoms with Crippen molar-refractivity contribution in [2.45, 2.75) is 6.42 Å². The number of hydrogen-bond acceptors (Lipinski definition) is 1. The first kappa shape index (κ1) is 8.49. The topological polar surface area (TPSA) is 9.23 Å². The standard InChI is InChI=1S/C5H6F3O/c1-9-3-2-4(6)5(7)8/h1-3H2. The molecule has 0 amide bonds. The van der Waals surface area contributed by atoms with Gasteiger partial charge in [-0.2, -0.15) is 8.78 Å². The molecule has 0 saturated carbocycles. The van der Waals surface area contributed by atoms with Crippen molar-refractivity contribution in [2.24, 2.45) is 0 Å². The first-order valence-corrected chi connectivity index (χ1v) is 2.25. The Hall–Kier alpha value is -0.510. The summed E-state index contributed by atoms with van der Waals surface area (Å²) < 4.78 is 38.2. The van der Waals surface area contributed by atoms with E-state index in [2.05, 4.69) is 11.8 Å². The fourth-order valence-electron chi connectivity index (χ4n) is 0.256. The van der Waals surface area contributed by atoms with Gasteiger partial charge in [0, 0.05) is 6.42 Å². The van der Waals surface area contributed by atoms with E-state index in [4.69, 9.17) is 0 Å². The third-order valence-electron chi connectivity index (χ3n) is 0.671. The minimum absolute atomic E-state index is 0.122. The largest absolute Gasteiger partial charge is 0.379 e. The Kier molecular flexibility index (Phi) is 4.13. The molecule has 4 heteroatoms. The first-order chi connectivity index (χ1) is 4.18. The van der Waals surface area contributed by atoms with Crippen LogP contribution in [-0.4, -0.2) is 6.61 Å². The van der Waals surface area contributed by atoms with E-state index in [1.807, 2.05) is 0 Å². The first-order valence-electron chi connectivity index (χ1n) is 2.25. The predicted molar refractivity (Wildman–Crippen MR) is 26.3 cm³/mol. The molecule has 0 unspecified atom stereocenters. The van der Waals surface area contributed by atoms with Crippen molar-refractivity contribution < 1.29 is 17.9 Å². The summed E-state index contributed by atoms with van der Waals surface area (Å²) in [4.78, 5) is 0. The van der Waals surface area contributed by atoms with Crippen LogP contribution >= 0.6 is 0 Å². The molecule has 0 aliphatic carbocycles. The van der Waals surface area contributed by atoms with Gasteiger partial charge in [-0.3, -0.25) is 0 Å². The molecule has 0 aliphatic heterocycles. The maximum absolute atomic E-state index is 11.7. The lowest BCUT2D eigenvalue weighted by atomic mass is 10.4. The van der Waals surface area contributed by atoms with Gasteiger partial charge in [0.25, 0.3) is 0 Å². The summed E-state index contributed by atoms with van der Waals surface area (Å²) in [5.74, 6) is -1.43. The number of hydrogen-bond donors (Lipinski definition) is 0. The summed E-state index contributed by atoms with van der Waals surface area (Å²) in [6.45, 7) is -0.122. The third kappa shape index (κ3) is 4.02. The number of halogens is 3. The summed E-state index contributed by atoms with van der Waals surface area (Å²) >= 11 is 0. The van der Waals surface area contributed by atoms with Crippen LogP contribution in [0.2, 0.25) is 0 Å². The van der Waals surface area contributed by atoms with Gasteiger partial charge < -0.3 is 4.74 Å². The Labute approximate surface area is 51.1 Å². The SMILES string of the molecule is [CH2]OCCC(F)=C(F)F. The van der Waals surface area contributed by atoms with Crippen LogP contribution in [0.5, 0.6) is 0 Å². The van der Waals surface area contributed by atoms with Gasteiger partial charge >= 0.3 is 6.08 Å². The maximum Gasteiger partial charge on any atom is 0.301 e. The van der Waals surface area contributed by atoms with Gasteiger partial charge in [-0.25, -0.2) is 4.39 Å². The van der Waals surface area contributed by atoms with Crippen LogP contribution in [0.4, 0.5) is 13.2 Å². The van der Waals surface area contributed by atoms with E-state index in [1.54, 1.807) is 0 Å². The summed E-state index contributed by atoms with van der Waals surface area (Å²) in [6, 6.07) is 0. The normalized spacial score (nSPS) is 9.33. The fraction of sp³-hybridized carbons (Fsp3) is 0.400. The van der Waals surface area contributed by atoms with E-state index in [1.165, 1.54) is 0 Å². The molecule has 0 saturated heterocycles. The zero-order valence-electron chi connectivity index (χ0n) is 4.66. The maximum atomic E-state index is 11.7. The Morgan fingerprint density at radius 3 is 2.22 bits per heavy atom. The second-order valence-corrected chi connectivity index (χ2v) is 1.32. The van der Waals surface area contributed by atoms with Crippen molar-refractivity contribution in [1.82, 2.24) is 0 Å². The van der Waals surface area contributed by atoms with Gasteiger partial charge in [-0.05, 0) is 0 Å². The minimum atomic E-state index is -2.29. The molecule has 1 radical (unpaired) electrons. The highest BCUT2D eigenvalue weighted by Crippen LogP contribution is 2.12. The van der Waals surface area contributed by atoms with E-state index in [0.29, 0.717) is 0 Å². The van der Waals surface area contributed by atoms with Crippen molar-refractivity contribution in [3.63, 3.8) is 0 Å². The molecule has 0 rings (SSSR count). The van der Waals surface area contributed by atoms with Crippen LogP contribution in [0.15, 0.2) is 11.9 Å². The van der Waals surface area contributed by atoms with Crippen LogP contribution in [0.25, 0.3) is 0 Å². The van der Waals surface area contributed by atoms with Gasteiger partial charge in [0.1, 0.15) is 0 Å². The lowest BCUT2D eigenvalue weighted by Gasteiger charge is -1.92. The molecule has 0 aromatic carbocycles. The van der Waals surface area contributed by atoms with E-state index in [0.717, 1.165) is 0 Å². The number of rotatable bonds is 3. The highest BCUT2D eigenvalue weighted by Gasteiger charge is 2.02. The zero-order valence-corrected chi connectivity index (χ0v) is 4.66. The lowest BCUT2D eigenvalue weighted by molar-refractivity contribution is 0.232. The van der Waals surface area contributed by atoms with Crippen molar-refractivity contribution >= 4 is 0 Å². The predicted octanol–water partition coefficient (Wildman–Crippen LogP) is 2.26. The molecule has 1 nitrogen and oxygen atoms in total. The molecule has 0 N–H and O–H groups in total.